The van der Waals surface area contributed by atoms with Crippen LogP contribution in [0.15, 0.2) is 0 Å². The van der Waals surface area contributed by atoms with Crippen molar-refractivity contribution in [3.8, 4) is 0 Å². The lowest BCUT2D eigenvalue weighted by Gasteiger charge is -2.35. The summed E-state index contributed by atoms with van der Waals surface area (Å²) in [5.74, 6) is 2.68. The molecule has 0 spiro atoms. The molecule has 1 unspecified atom stereocenters. The molecule has 2 aliphatic carbocycles. The van der Waals surface area contributed by atoms with Gasteiger partial charge in [0, 0.05) is 26.2 Å². The molecule has 7 heteroatoms. The first-order valence-electron chi connectivity index (χ1n) is 8.07. The molecule has 2 aliphatic heterocycles. The maximum atomic E-state index is 12.5. The summed E-state index contributed by atoms with van der Waals surface area (Å²) in [6.07, 6.45) is 4.79. The Bertz CT molecular complexity index is 546. The largest absolute Gasteiger partial charge is 0.336 e. The molecule has 2 saturated heterocycles. The normalized spacial score (nSPS) is 36.5. The number of piperazine rings is 1. The summed E-state index contributed by atoms with van der Waals surface area (Å²) in [4.78, 5) is 13.3. The number of carbonyl (C=O) groups excluding carboxylic acids is 1. The molecule has 0 aromatic heterocycles. The Morgan fingerprint density at radius 3 is 2.81 bits per heavy atom. The van der Waals surface area contributed by atoms with E-state index in [1.807, 2.05) is 0 Å². The average molecular weight is 313 g/mol. The molecule has 6 nitrogen and oxygen atoms in total. The van der Waals surface area contributed by atoms with Crippen LogP contribution in [0, 0.1) is 17.8 Å². The van der Waals surface area contributed by atoms with Crippen molar-refractivity contribution in [2.24, 2.45) is 17.8 Å². The molecule has 0 bridgehead atoms. The molecule has 4 fully saturated rings. The molecule has 2 amide bonds. The molecule has 4 aliphatic rings. The van der Waals surface area contributed by atoms with Crippen LogP contribution in [0.1, 0.15) is 25.7 Å². The van der Waals surface area contributed by atoms with E-state index in [1.54, 1.807) is 9.21 Å². The zero-order chi connectivity index (χ0) is 14.6. The van der Waals surface area contributed by atoms with E-state index in [0.29, 0.717) is 32.1 Å². The first kappa shape index (κ1) is 13.8. The molecule has 0 radical (unpaired) electrons. The smallest absolute Gasteiger partial charge is 0.317 e. The fourth-order valence-corrected chi connectivity index (χ4v) is 5.58. The van der Waals surface area contributed by atoms with Crippen LogP contribution >= 0.6 is 0 Å². The molecular formula is C14H23N3O3S. The van der Waals surface area contributed by atoms with Gasteiger partial charge < -0.3 is 10.2 Å². The van der Waals surface area contributed by atoms with Gasteiger partial charge in [0.15, 0.2) is 0 Å². The van der Waals surface area contributed by atoms with Gasteiger partial charge in [0.05, 0.1) is 11.8 Å². The number of sulfonamides is 1. The number of rotatable bonds is 5. The minimum Gasteiger partial charge on any atom is -0.336 e. The maximum absolute atomic E-state index is 12.5. The van der Waals surface area contributed by atoms with Gasteiger partial charge in [-0.2, -0.15) is 4.31 Å². The van der Waals surface area contributed by atoms with Crippen LogP contribution in [0.5, 0.6) is 0 Å². The van der Waals surface area contributed by atoms with Crippen molar-refractivity contribution in [3.05, 3.63) is 0 Å². The minimum atomic E-state index is -3.16. The summed E-state index contributed by atoms with van der Waals surface area (Å²) in [6, 6.07) is -0.0385. The van der Waals surface area contributed by atoms with Gasteiger partial charge >= 0.3 is 6.03 Å². The second kappa shape index (κ2) is 4.84. The third kappa shape index (κ3) is 2.65. The Labute approximate surface area is 125 Å². The summed E-state index contributed by atoms with van der Waals surface area (Å²) in [5.41, 5.74) is 0. The van der Waals surface area contributed by atoms with E-state index in [1.165, 1.54) is 19.3 Å². The van der Waals surface area contributed by atoms with Crippen molar-refractivity contribution < 1.29 is 13.2 Å². The molecule has 1 N–H and O–H groups in total. The number of amides is 2. The van der Waals surface area contributed by atoms with Gasteiger partial charge in [-0.3, -0.25) is 0 Å². The van der Waals surface area contributed by atoms with E-state index in [2.05, 4.69) is 5.32 Å². The van der Waals surface area contributed by atoms with Gasteiger partial charge in [0.1, 0.15) is 0 Å². The molecule has 2 saturated carbocycles. The third-order valence-corrected chi connectivity index (χ3v) is 7.41. The number of fused-ring (bicyclic) bond motifs is 1. The Kier molecular flexibility index (Phi) is 3.19. The van der Waals surface area contributed by atoms with E-state index >= 15 is 0 Å². The van der Waals surface area contributed by atoms with Gasteiger partial charge in [-0.05, 0) is 43.4 Å². The van der Waals surface area contributed by atoms with E-state index in [0.717, 1.165) is 18.3 Å². The fraction of sp³-hybridized carbons (Fsp3) is 0.929. The zero-order valence-corrected chi connectivity index (χ0v) is 13.0. The van der Waals surface area contributed by atoms with Crippen molar-refractivity contribution >= 4 is 16.1 Å². The summed E-state index contributed by atoms with van der Waals surface area (Å²) in [5, 5.41) is 2.78. The number of urea groups is 1. The van der Waals surface area contributed by atoms with E-state index in [-0.39, 0.29) is 17.8 Å². The second-order valence-corrected chi connectivity index (χ2v) is 9.08. The number of carbonyl (C=O) groups is 1. The number of hydrogen-bond acceptors (Lipinski definition) is 3. The standard InChI is InChI=1S/C14H23N3O3S/c18-14-15-8-12-9-16(4-5-17(12)14)21(19,20)6-3-11-7-13(11)10-1-2-10/h10-13H,1-9H2,(H,15,18)/t11-,12?,13+/m1/s1. The topological polar surface area (TPSA) is 69.7 Å². The molecular weight excluding hydrogens is 290 g/mol. The Hall–Kier alpha value is -0.820. The van der Waals surface area contributed by atoms with Gasteiger partial charge in [-0.15, -0.1) is 0 Å². The highest BCUT2D eigenvalue weighted by atomic mass is 32.2. The van der Waals surface area contributed by atoms with Crippen LogP contribution in [-0.4, -0.2) is 61.6 Å². The van der Waals surface area contributed by atoms with Crippen LogP contribution in [0.3, 0.4) is 0 Å². The lowest BCUT2D eigenvalue weighted by Crippen LogP contribution is -2.54. The van der Waals surface area contributed by atoms with Crippen LogP contribution < -0.4 is 5.32 Å². The van der Waals surface area contributed by atoms with Gasteiger partial charge in [-0.25, -0.2) is 13.2 Å². The SMILES string of the molecule is O=C1NCC2CN(S(=O)(=O)CC[C@@H]3C[C@H]3C3CC3)CCN12. The Morgan fingerprint density at radius 1 is 1.24 bits per heavy atom. The van der Waals surface area contributed by atoms with Crippen molar-refractivity contribution in [1.29, 1.82) is 0 Å². The van der Waals surface area contributed by atoms with Gasteiger partial charge in [0.25, 0.3) is 0 Å². The van der Waals surface area contributed by atoms with Crippen molar-refractivity contribution in [1.82, 2.24) is 14.5 Å². The lowest BCUT2D eigenvalue weighted by molar-refractivity contribution is 0.164. The molecule has 118 valence electrons. The highest BCUT2D eigenvalue weighted by Crippen LogP contribution is 2.55. The zero-order valence-electron chi connectivity index (χ0n) is 12.2. The lowest BCUT2D eigenvalue weighted by atomic mass is 10.2. The van der Waals surface area contributed by atoms with E-state index in [9.17, 15) is 13.2 Å². The molecule has 2 heterocycles. The third-order valence-electron chi connectivity index (χ3n) is 5.54. The van der Waals surface area contributed by atoms with Crippen molar-refractivity contribution in [2.45, 2.75) is 31.7 Å². The number of nitrogens with zero attached hydrogens (tertiary/aromatic N) is 2. The monoisotopic (exact) mass is 313 g/mol. The van der Waals surface area contributed by atoms with Crippen LogP contribution in [0.25, 0.3) is 0 Å². The second-order valence-electron chi connectivity index (χ2n) is 6.99. The first-order chi connectivity index (χ1) is 10.0. The molecule has 0 aromatic carbocycles. The summed E-state index contributed by atoms with van der Waals surface area (Å²) in [7, 11) is -3.16. The highest BCUT2D eigenvalue weighted by molar-refractivity contribution is 7.89. The quantitative estimate of drug-likeness (QED) is 0.802. The average Bonchev–Trinajstić information content (AvgIpc) is 3.34. The summed E-state index contributed by atoms with van der Waals surface area (Å²) >= 11 is 0. The van der Waals surface area contributed by atoms with Crippen LogP contribution in [0.4, 0.5) is 4.79 Å². The Morgan fingerprint density at radius 2 is 2.05 bits per heavy atom. The maximum Gasteiger partial charge on any atom is 0.317 e. The number of nitrogens with one attached hydrogen (secondary N) is 1. The predicted octanol–water partition coefficient (Wildman–Crippen LogP) is 0.462. The highest BCUT2D eigenvalue weighted by Gasteiger charge is 2.47. The molecule has 0 aromatic rings. The van der Waals surface area contributed by atoms with E-state index < -0.39 is 10.0 Å². The molecule has 4 rings (SSSR count). The first-order valence-corrected chi connectivity index (χ1v) is 9.68. The molecule has 3 atom stereocenters. The summed E-state index contributed by atoms with van der Waals surface area (Å²) < 4.78 is 26.6. The van der Waals surface area contributed by atoms with Gasteiger partial charge in [-0.1, -0.05) is 0 Å². The van der Waals surface area contributed by atoms with Crippen molar-refractivity contribution in [2.75, 3.05) is 31.9 Å². The number of hydrogen-bond donors (Lipinski definition) is 1. The van der Waals surface area contributed by atoms with Crippen molar-refractivity contribution in [3.63, 3.8) is 0 Å². The Balaban J connectivity index is 1.31. The fourth-order valence-electron chi connectivity index (χ4n) is 3.96. The van der Waals surface area contributed by atoms with Gasteiger partial charge in [0.2, 0.25) is 10.0 Å². The minimum absolute atomic E-state index is 0.0150. The van der Waals surface area contributed by atoms with E-state index in [4.69, 9.17) is 0 Å². The molecule has 21 heavy (non-hydrogen) atoms. The van der Waals surface area contributed by atoms with Crippen LogP contribution in [-0.2, 0) is 10.0 Å². The van der Waals surface area contributed by atoms with Crippen LogP contribution in [0.2, 0.25) is 0 Å². The summed E-state index contributed by atoms with van der Waals surface area (Å²) in [6.45, 7) is 1.99. The predicted molar refractivity (Wildman–Crippen MR) is 78.2 cm³/mol.